The summed E-state index contributed by atoms with van der Waals surface area (Å²) < 4.78 is 0.931. The number of halogens is 3. The Hall–Kier alpha value is -2.00. The van der Waals surface area contributed by atoms with Gasteiger partial charge in [-0.3, -0.25) is 4.79 Å². The number of amides is 1. The summed E-state index contributed by atoms with van der Waals surface area (Å²) in [6.45, 7) is 0. The summed E-state index contributed by atoms with van der Waals surface area (Å²) in [5.74, 6) is -0.582. The molecule has 4 nitrogen and oxygen atoms in total. The van der Waals surface area contributed by atoms with Gasteiger partial charge in [0.05, 0.1) is 15.7 Å². The standard InChI is InChI=1S/C16H10BrCl2N3O/c17-11-4-6-12(7-5-11)21-9-10(8-20)16(23)22-14-3-1-2-13(18)15(14)19/h1-7,9,21H,(H,22,23)/b10-9-. The van der Waals surface area contributed by atoms with E-state index in [4.69, 9.17) is 28.5 Å². The maximum absolute atomic E-state index is 12.1. The van der Waals surface area contributed by atoms with Gasteiger partial charge in [0.25, 0.3) is 5.91 Å². The van der Waals surface area contributed by atoms with Crippen LogP contribution >= 0.6 is 39.1 Å². The molecule has 2 N–H and O–H groups in total. The van der Waals surface area contributed by atoms with E-state index in [1.54, 1.807) is 30.3 Å². The molecule has 2 aromatic carbocycles. The second kappa shape index (κ2) is 8.02. The zero-order valence-corrected chi connectivity index (χ0v) is 14.7. The van der Waals surface area contributed by atoms with E-state index in [1.165, 1.54) is 6.20 Å². The number of carbonyl (C=O) groups excluding carboxylic acids is 1. The number of carbonyl (C=O) groups is 1. The lowest BCUT2D eigenvalue weighted by Gasteiger charge is -2.08. The van der Waals surface area contributed by atoms with Crippen molar-refractivity contribution in [3.8, 4) is 6.07 Å². The van der Waals surface area contributed by atoms with E-state index in [1.807, 2.05) is 18.2 Å². The smallest absolute Gasteiger partial charge is 0.267 e. The van der Waals surface area contributed by atoms with Crippen LogP contribution in [0.2, 0.25) is 10.0 Å². The molecule has 0 atom stereocenters. The van der Waals surface area contributed by atoms with Crippen molar-refractivity contribution < 1.29 is 4.79 Å². The lowest BCUT2D eigenvalue weighted by molar-refractivity contribution is -0.112. The number of hydrogen-bond donors (Lipinski definition) is 2. The molecule has 2 aromatic rings. The van der Waals surface area contributed by atoms with Crippen LogP contribution in [0.3, 0.4) is 0 Å². The quantitative estimate of drug-likeness (QED) is 0.536. The van der Waals surface area contributed by atoms with Crippen LogP contribution in [0.25, 0.3) is 0 Å². The Kier molecular flexibility index (Phi) is 6.05. The maximum Gasteiger partial charge on any atom is 0.267 e. The first-order valence-corrected chi connectivity index (χ1v) is 7.94. The van der Waals surface area contributed by atoms with E-state index in [0.29, 0.717) is 10.7 Å². The van der Waals surface area contributed by atoms with E-state index in [0.717, 1.165) is 10.2 Å². The average Bonchev–Trinajstić information content (AvgIpc) is 2.54. The Labute approximate surface area is 151 Å². The van der Waals surface area contributed by atoms with Gasteiger partial charge in [0, 0.05) is 16.4 Å². The molecule has 0 radical (unpaired) electrons. The lowest BCUT2D eigenvalue weighted by Crippen LogP contribution is -2.14. The fourth-order valence-corrected chi connectivity index (χ4v) is 2.25. The van der Waals surface area contributed by atoms with Crippen LogP contribution in [0, 0.1) is 11.3 Å². The third-order valence-electron chi connectivity index (χ3n) is 2.79. The SMILES string of the molecule is N#C/C(=C/Nc1ccc(Br)cc1)C(=O)Nc1cccc(Cl)c1Cl. The van der Waals surface area contributed by atoms with E-state index in [2.05, 4.69) is 26.6 Å². The zero-order valence-electron chi connectivity index (χ0n) is 11.6. The summed E-state index contributed by atoms with van der Waals surface area (Å²) in [7, 11) is 0. The van der Waals surface area contributed by atoms with Crippen molar-refractivity contribution in [3.05, 3.63) is 68.8 Å². The van der Waals surface area contributed by atoms with Crippen LogP contribution in [0.4, 0.5) is 11.4 Å². The molecule has 0 aliphatic rings. The van der Waals surface area contributed by atoms with Crippen LogP contribution < -0.4 is 10.6 Å². The number of benzene rings is 2. The Morgan fingerprint density at radius 1 is 1.17 bits per heavy atom. The number of nitrogens with zero attached hydrogens (tertiary/aromatic N) is 1. The van der Waals surface area contributed by atoms with Gasteiger partial charge in [-0.25, -0.2) is 0 Å². The van der Waals surface area contributed by atoms with Crippen molar-refractivity contribution in [1.82, 2.24) is 0 Å². The van der Waals surface area contributed by atoms with Crippen LogP contribution in [0.15, 0.2) is 58.7 Å². The van der Waals surface area contributed by atoms with Crippen LogP contribution in [-0.4, -0.2) is 5.91 Å². The van der Waals surface area contributed by atoms with Gasteiger partial charge in [0.1, 0.15) is 11.6 Å². The molecule has 0 fully saturated rings. The number of nitrogens with one attached hydrogen (secondary N) is 2. The van der Waals surface area contributed by atoms with Gasteiger partial charge < -0.3 is 10.6 Å². The van der Waals surface area contributed by atoms with E-state index >= 15 is 0 Å². The minimum absolute atomic E-state index is 0.0936. The number of anilines is 2. The first-order chi connectivity index (χ1) is 11.0. The largest absolute Gasteiger partial charge is 0.360 e. The summed E-state index contributed by atoms with van der Waals surface area (Å²) in [6.07, 6.45) is 1.33. The van der Waals surface area contributed by atoms with E-state index in [9.17, 15) is 4.79 Å². The van der Waals surface area contributed by atoms with Gasteiger partial charge in [-0.2, -0.15) is 5.26 Å². The molecule has 0 aromatic heterocycles. The fraction of sp³-hybridized carbons (Fsp3) is 0. The van der Waals surface area contributed by atoms with Gasteiger partial charge in [0.15, 0.2) is 0 Å². The van der Waals surface area contributed by atoms with Crippen LogP contribution in [-0.2, 0) is 4.79 Å². The van der Waals surface area contributed by atoms with Gasteiger partial charge in [-0.15, -0.1) is 0 Å². The van der Waals surface area contributed by atoms with E-state index < -0.39 is 5.91 Å². The first kappa shape index (κ1) is 17.4. The molecule has 0 aliphatic carbocycles. The molecule has 23 heavy (non-hydrogen) atoms. The van der Waals surface area contributed by atoms with Crippen molar-refractivity contribution in [2.75, 3.05) is 10.6 Å². The summed E-state index contributed by atoms with van der Waals surface area (Å²) in [5, 5.41) is 15.1. The van der Waals surface area contributed by atoms with Crippen molar-refractivity contribution in [2.24, 2.45) is 0 Å². The second-order valence-electron chi connectivity index (χ2n) is 4.38. The minimum atomic E-state index is -0.582. The molecule has 0 aliphatic heterocycles. The fourth-order valence-electron chi connectivity index (χ4n) is 1.64. The molecule has 0 saturated heterocycles. The topological polar surface area (TPSA) is 64.9 Å². The van der Waals surface area contributed by atoms with Gasteiger partial charge in [-0.05, 0) is 36.4 Å². The van der Waals surface area contributed by atoms with E-state index in [-0.39, 0.29) is 10.6 Å². The monoisotopic (exact) mass is 409 g/mol. The van der Waals surface area contributed by atoms with Crippen molar-refractivity contribution in [3.63, 3.8) is 0 Å². The van der Waals surface area contributed by atoms with Crippen molar-refractivity contribution in [2.45, 2.75) is 0 Å². The summed E-state index contributed by atoms with van der Waals surface area (Å²) >= 11 is 15.2. The molecule has 0 heterocycles. The van der Waals surface area contributed by atoms with Gasteiger partial charge in [0.2, 0.25) is 0 Å². The van der Waals surface area contributed by atoms with Gasteiger partial charge >= 0.3 is 0 Å². The minimum Gasteiger partial charge on any atom is -0.360 e. The maximum atomic E-state index is 12.1. The predicted molar refractivity (Wildman–Crippen MR) is 96.6 cm³/mol. The normalized spacial score (nSPS) is 10.8. The third kappa shape index (κ3) is 4.73. The Morgan fingerprint density at radius 3 is 2.52 bits per heavy atom. The zero-order chi connectivity index (χ0) is 16.8. The molecule has 7 heteroatoms. The highest BCUT2D eigenvalue weighted by atomic mass is 79.9. The average molecular weight is 411 g/mol. The third-order valence-corrected chi connectivity index (χ3v) is 4.14. The van der Waals surface area contributed by atoms with Crippen molar-refractivity contribution >= 4 is 56.4 Å². The Morgan fingerprint density at radius 2 is 1.87 bits per heavy atom. The second-order valence-corrected chi connectivity index (χ2v) is 6.08. The molecule has 1 amide bonds. The van der Waals surface area contributed by atoms with Crippen LogP contribution in [0.5, 0.6) is 0 Å². The lowest BCUT2D eigenvalue weighted by atomic mass is 10.2. The molecule has 2 rings (SSSR count). The highest BCUT2D eigenvalue weighted by Crippen LogP contribution is 2.29. The number of rotatable bonds is 4. The summed E-state index contributed by atoms with van der Waals surface area (Å²) in [4.78, 5) is 12.1. The predicted octanol–water partition coefficient (Wildman–Crippen LogP) is 5.21. The molecule has 0 saturated carbocycles. The number of hydrogen-bond acceptors (Lipinski definition) is 3. The first-order valence-electron chi connectivity index (χ1n) is 6.39. The highest BCUT2D eigenvalue weighted by molar-refractivity contribution is 9.10. The molecular weight excluding hydrogens is 401 g/mol. The molecule has 0 spiro atoms. The molecule has 0 unspecified atom stereocenters. The molecule has 116 valence electrons. The Bertz CT molecular complexity index is 798. The molecular formula is C16H10BrCl2N3O. The Balaban J connectivity index is 2.12. The molecule has 0 bridgehead atoms. The van der Waals surface area contributed by atoms with Gasteiger partial charge in [-0.1, -0.05) is 45.2 Å². The highest BCUT2D eigenvalue weighted by Gasteiger charge is 2.12. The number of nitriles is 1. The van der Waals surface area contributed by atoms with Crippen molar-refractivity contribution in [1.29, 1.82) is 5.26 Å². The van der Waals surface area contributed by atoms with Crippen LogP contribution in [0.1, 0.15) is 0 Å². The summed E-state index contributed by atoms with van der Waals surface area (Å²) in [5.41, 5.74) is 0.993. The summed E-state index contributed by atoms with van der Waals surface area (Å²) in [6, 6.07) is 14.0.